The van der Waals surface area contributed by atoms with Crippen molar-refractivity contribution in [2.75, 3.05) is 0 Å². The molecule has 0 aromatic heterocycles. The van der Waals surface area contributed by atoms with E-state index in [0.717, 1.165) is 5.56 Å². The van der Waals surface area contributed by atoms with E-state index in [9.17, 15) is 10.1 Å². The lowest BCUT2D eigenvalue weighted by Crippen LogP contribution is -2.10. The van der Waals surface area contributed by atoms with Gasteiger partial charge in [0.05, 0.1) is 9.40 Å². The van der Waals surface area contributed by atoms with Crippen LogP contribution in [-0.2, 0) is 5.41 Å². The van der Waals surface area contributed by atoms with Crippen LogP contribution < -0.4 is 0 Å². The van der Waals surface area contributed by atoms with Gasteiger partial charge >= 0.3 is 0 Å². The van der Waals surface area contributed by atoms with Crippen LogP contribution in [0.5, 0.6) is 0 Å². The van der Waals surface area contributed by atoms with Crippen LogP contribution in [0.3, 0.4) is 0 Å². The average Bonchev–Trinajstić information content (AvgIpc) is 2.01. The standard InChI is InChI=1S/C10H12BrNO2/c1-10(2,3)7-4-5-9(12(13)14)8(11)6-7/h4-6H,1-3H3. The highest BCUT2D eigenvalue weighted by molar-refractivity contribution is 9.10. The van der Waals surface area contributed by atoms with E-state index in [-0.39, 0.29) is 11.1 Å². The van der Waals surface area contributed by atoms with Crippen LogP contribution in [0.1, 0.15) is 26.3 Å². The summed E-state index contributed by atoms with van der Waals surface area (Å²) in [4.78, 5) is 10.2. The molecule has 4 heteroatoms. The molecule has 0 spiro atoms. The van der Waals surface area contributed by atoms with Crippen LogP contribution in [0.4, 0.5) is 5.69 Å². The van der Waals surface area contributed by atoms with Gasteiger partial charge < -0.3 is 0 Å². The molecular formula is C10H12BrNO2. The third-order valence-corrected chi connectivity index (χ3v) is 2.65. The molecule has 0 heterocycles. The molecule has 0 radical (unpaired) electrons. The molecule has 76 valence electrons. The van der Waals surface area contributed by atoms with Crippen molar-refractivity contribution in [1.82, 2.24) is 0 Å². The van der Waals surface area contributed by atoms with Crippen LogP contribution in [-0.4, -0.2) is 4.92 Å². The fourth-order valence-electron chi connectivity index (χ4n) is 1.12. The first kappa shape index (κ1) is 11.2. The lowest BCUT2D eigenvalue weighted by atomic mass is 9.87. The van der Waals surface area contributed by atoms with E-state index in [1.165, 1.54) is 6.07 Å². The SMILES string of the molecule is CC(C)(C)c1ccc([N+](=O)[O-])c(Br)c1. The Bertz CT molecular complexity index is 369. The molecule has 0 bridgehead atoms. The van der Waals surface area contributed by atoms with E-state index >= 15 is 0 Å². The predicted octanol–water partition coefficient (Wildman–Crippen LogP) is 3.65. The highest BCUT2D eigenvalue weighted by atomic mass is 79.9. The van der Waals surface area contributed by atoms with Gasteiger partial charge in [-0.3, -0.25) is 10.1 Å². The lowest BCUT2D eigenvalue weighted by Gasteiger charge is -2.18. The van der Waals surface area contributed by atoms with Crippen LogP contribution in [0.15, 0.2) is 22.7 Å². The smallest absolute Gasteiger partial charge is 0.258 e. The number of nitrogens with zero attached hydrogens (tertiary/aromatic N) is 1. The zero-order chi connectivity index (χ0) is 10.9. The maximum absolute atomic E-state index is 10.6. The van der Waals surface area contributed by atoms with Crippen LogP contribution >= 0.6 is 15.9 Å². The number of hydrogen-bond acceptors (Lipinski definition) is 2. The minimum absolute atomic E-state index is 0.0116. The molecule has 0 aliphatic rings. The molecule has 0 atom stereocenters. The zero-order valence-corrected chi connectivity index (χ0v) is 9.96. The maximum Gasteiger partial charge on any atom is 0.283 e. The Morgan fingerprint density at radius 1 is 1.36 bits per heavy atom. The largest absolute Gasteiger partial charge is 0.283 e. The number of halogens is 1. The molecule has 1 aromatic rings. The molecule has 3 nitrogen and oxygen atoms in total. The summed E-state index contributed by atoms with van der Waals surface area (Å²) in [6.45, 7) is 6.21. The Hall–Kier alpha value is -0.900. The fourth-order valence-corrected chi connectivity index (χ4v) is 1.65. The first-order chi connectivity index (χ1) is 6.32. The van der Waals surface area contributed by atoms with Crippen molar-refractivity contribution in [2.45, 2.75) is 26.2 Å². The summed E-state index contributed by atoms with van der Waals surface area (Å²) in [6.07, 6.45) is 0. The predicted molar refractivity (Wildman–Crippen MR) is 59.5 cm³/mol. The van der Waals surface area contributed by atoms with Gasteiger partial charge in [0, 0.05) is 6.07 Å². The summed E-state index contributed by atoms with van der Waals surface area (Å²) in [5, 5.41) is 10.6. The second kappa shape index (κ2) is 3.69. The molecule has 14 heavy (non-hydrogen) atoms. The van der Waals surface area contributed by atoms with E-state index < -0.39 is 4.92 Å². The molecule has 1 rings (SSSR count). The number of nitro benzene ring substituents is 1. The van der Waals surface area contributed by atoms with E-state index in [4.69, 9.17) is 0 Å². The van der Waals surface area contributed by atoms with E-state index in [2.05, 4.69) is 36.7 Å². The zero-order valence-electron chi connectivity index (χ0n) is 8.37. The van der Waals surface area contributed by atoms with E-state index in [0.29, 0.717) is 4.47 Å². The maximum atomic E-state index is 10.6. The van der Waals surface area contributed by atoms with Crippen LogP contribution in [0, 0.1) is 10.1 Å². The normalized spacial score (nSPS) is 11.4. The molecule has 1 aromatic carbocycles. The first-order valence-electron chi connectivity index (χ1n) is 4.27. The van der Waals surface area contributed by atoms with Crippen molar-refractivity contribution in [3.8, 4) is 0 Å². The quantitative estimate of drug-likeness (QED) is 0.570. The highest BCUT2D eigenvalue weighted by Crippen LogP contribution is 2.30. The lowest BCUT2D eigenvalue weighted by molar-refractivity contribution is -0.385. The Morgan fingerprint density at radius 2 is 1.93 bits per heavy atom. The molecular weight excluding hydrogens is 246 g/mol. The van der Waals surface area contributed by atoms with Gasteiger partial charge in [-0.25, -0.2) is 0 Å². The van der Waals surface area contributed by atoms with Crippen molar-refractivity contribution in [3.63, 3.8) is 0 Å². The Morgan fingerprint density at radius 3 is 2.29 bits per heavy atom. The van der Waals surface area contributed by atoms with E-state index in [1.807, 2.05) is 0 Å². The molecule has 0 aliphatic carbocycles. The average molecular weight is 258 g/mol. The summed E-state index contributed by atoms with van der Waals surface area (Å²) < 4.78 is 0.537. The van der Waals surface area contributed by atoms with Crippen LogP contribution in [0.2, 0.25) is 0 Å². The van der Waals surface area contributed by atoms with Crippen molar-refractivity contribution in [1.29, 1.82) is 0 Å². The van der Waals surface area contributed by atoms with Gasteiger partial charge in [0.15, 0.2) is 0 Å². The summed E-state index contributed by atoms with van der Waals surface area (Å²) >= 11 is 3.20. The van der Waals surface area contributed by atoms with Crippen LogP contribution in [0.25, 0.3) is 0 Å². The molecule has 0 fully saturated rings. The third kappa shape index (κ3) is 2.32. The van der Waals surface area contributed by atoms with Gasteiger partial charge in [-0.15, -0.1) is 0 Å². The number of rotatable bonds is 1. The van der Waals surface area contributed by atoms with Crippen molar-refractivity contribution in [2.24, 2.45) is 0 Å². The molecule has 0 amide bonds. The number of hydrogen-bond donors (Lipinski definition) is 0. The third-order valence-electron chi connectivity index (χ3n) is 2.01. The fraction of sp³-hybridized carbons (Fsp3) is 0.400. The van der Waals surface area contributed by atoms with Gasteiger partial charge in [-0.2, -0.15) is 0 Å². The summed E-state index contributed by atoms with van der Waals surface area (Å²) in [5.41, 5.74) is 1.20. The first-order valence-corrected chi connectivity index (χ1v) is 5.06. The van der Waals surface area contributed by atoms with Gasteiger partial charge in [-0.05, 0) is 33.0 Å². The Kier molecular flexibility index (Phi) is 2.95. The minimum Gasteiger partial charge on any atom is -0.258 e. The van der Waals surface area contributed by atoms with Crippen molar-refractivity contribution < 1.29 is 4.92 Å². The molecule has 0 N–H and O–H groups in total. The monoisotopic (exact) mass is 257 g/mol. The van der Waals surface area contributed by atoms with Gasteiger partial charge in [-0.1, -0.05) is 26.8 Å². The summed E-state index contributed by atoms with van der Waals surface area (Å²) in [5.74, 6) is 0. The topological polar surface area (TPSA) is 43.1 Å². The Balaban J connectivity index is 3.20. The Labute approximate surface area is 91.4 Å². The minimum atomic E-state index is -0.392. The second-order valence-electron chi connectivity index (χ2n) is 4.17. The van der Waals surface area contributed by atoms with Crippen molar-refractivity contribution >= 4 is 21.6 Å². The second-order valence-corrected chi connectivity index (χ2v) is 5.03. The van der Waals surface area contributed by atoms with Crippen molar-refractivity contribution in [3.05, 3.63) is 38.3 Å². The molecule has 0 saturated heterocycles. The molecule has 0 unspecified atom stereocenters. The van der Waals surface area contributed by atoms with Gasteiger partial charge in [0.1, 0.15) is 0 Å². The molecule has 0 aliphatic heterocycles. The van der Waals surface area contributed by atoms with Gasteiger partial charge in [0.25, 0.3) is 5.69 Å². The number of nitro groups is 1. The summed E-state index contributed by atoms with van der Waals surface area (Å²) in [6, 6.07) is 5.13. The summed E-state index contributed by atoms with van der Waals surface area (Å²) in [7, 11) is 0. The van der Waals surface area contributed by atoms with E-state index in [1.54, 1.807) is 12.1 Å². The number of benzene rings is 1. The molecule has 0 saturated carbocycles. The highest BCUT2D eigenvalue weighted by Gasteiger charge is 2.18. The van der Waals surface area contributed by atoms with Gasteiger partial charge in [0.2, 0.25) is 0 Å².